The van der Waals surface area contributed by atoms with E-state index >= 15 is 0 Å². The number of rotatable bonds is 9. The Bertz CT molecular complexity index is 1290. The van der Waals surface area contributed by atoms with Gasteiger partial charge < -0.3 is 5.32 Å². The number of nitrogens with one attached hydrogen (secondary N) is 1. The summed E-state index contributed by atoms with van der Waals surface area (Å²) >= 11 is 0. The molecule has 0 fully saturated rings. The lowest BCUT2D eigenvalue weighted by Crippen LogP contribution is -2.41. The Kier molecular flexibility index (Phi) is 7.68. The van der Waals surface area contributed by atoms with Gasteiger partial charge in [-0.25, -0.2) is 16.8 Å². The van der Waals surface area contributed by atoms with Gasteiger partial charge >= 0.3 is 0 Å². The van der Waals surface area contributed by atoms with Crippen molar-refractivity contribution >= 4 is 25.8 Å². The van der Waals surface area contributed by atoms with Gasteiger partial charge in [-0.1, -0.05) is 60.7 Å². The molecule has 0 bridgehead atoms. The predicted molar refractivity (Wildman–Crippen MR) is 127 cm³/mol. The van der Waals surface area contributed by atoms with E-state index in [0.717, 1.165) is 16.1 Å². The second-order valence-electron chi connectivity index (χ2n) is 7.70. The molecule has 3 aromatic rings. The normalized spacial score (nSPS) is 12.9. The first kappa shape index (κ1) is 24.6. The molecule has 9 heteroatoms. The van der Waals surface area contributed by atoms with Gasteiger partial charge in [-0.3, -0.25) is 4.79 Å². The van der Waals surface area contributed by atoms with Crippen molar-refractivity contribution < 1.29 is 21.6 Å². The van der Waals surface area contributed by atoms with Crippen LogP contribution in [0.1, 0.15) is 24.1 Å². The molecular formula is C24H26N2O5S2. The number of carbonyl (C=O) groups is 1. The molecule has 1 amide bonds. The van der Waals surface area contributed by atoms with E-state index in [1.807, 2.05) is 18.2 Å². The summed E-state index contributed by atoms with van der Waals surface area (Å²) in [5.41, 5.74) is 1.46. The van der Waals surface area contributed by atoms with E-state index in [1.165, 1.54) is 24.3 Å². The molecular weight excluding hydrogens is 460 g/mol. The Morgan fingerprint density at radius 1 is 0.818 bits per heavy atom. The van der Waals surface area contributed by atoms with Gasteiger partial charge in [-0.15, -0.1) is 0 Å². The largest absolute Gasteiger partial charge is 0.348 e. The highest BCUT2D eigenvalue weighted by atomic mass is 32.2. The highest BCUT2D eigenvalue weighted by molar-refractivity contribution is 7.90. The molecule has 3 rings (SSSR count). The van der Waals surface area contributed by atoms with Gasteiger partial charge in [0.25, 0.3) is 0 Å². The zero-order valence-electron chi connectivity index (χ0n) is 18.4. The number of sulfonamides is 1. The summed E-state index contributed by atoms with van der Waals surface area (Å²) in [6.07, 6.45) is 1.13. The minimum absolute atomic E-state index is 0.0446. The Morgan fingerprint density at radius 3 is 1.91 bits per heavy atom. The second kappa shape index (κ2) is 10.3. The minimum atomic E-state index is -3.91. The minimum Gasteiger partial charge on any atom is -0.348 e. The van der Waals surface area contributed by atoms with Crippen molar-refractivity contribution in [3.05, 3.63) is 96.1 Å². The maximum absolute atomic E-state index is 13.2. The summed E-state index contributed by atoms with van der Waals surface area (Å²) in [7, 11) is -7.23. The maximum atomic E-state index is 13.2. The number of hydrogen-bond donors (Lipinski definition) is 1. The van der Waals surface area contributed by atoms with Gasteiger partial charge in [0.1, 0.15) is 0 Å². The first-order chi connectivity index (χ1) is 15.6. The monoisotopic (exact) mass is 486 g/mol. The van der Waals surface area contributed by atoms with Crippen LogP contribution >= 0.6 is 0 Å². The first-order valence-corrected chi connectivity index (χ1v) is 13.6. The smallest absolute Gasteiger partial charge is 0.243 e. The van der Waals surface area contributed by atoms with Crippen LogP contribution in [0.5, 0.6) is 0 Å². The molecule has 0 spiro atoms. The Labute approximate surface area is 195 Å². The highest BCUT2D eigenvalue weighted by Gasteiger charge is 2.27. The van der Waals surface area contributed by atoms with Crippen molar-refractivity contribution in [3.63, 3.8) is 0 Å². The quantitative estimate of drug-likeness (QED) is 0.501. The van der Waals surface area contributed by atoms with Crippen LogP contribution in [0.2, 0.25) is 0 Å². The first-order valence-electron chi connectivity index (χ1n) is 10.3. The van der Waals surface area contributed by atoms with Crippen molar-refractivity contribution in [2.24, 2.45) is 0 Å². The predicted octanol–water partition coefficient (Wildman–Crippen LogP) is 3.16. The van der Waals surface area contributed by atoms with Crippen molar-refractivity contribution in [2.45, 2.75) is 29.3 Å². The average Bonchev–Trinajstić information content (AvgIpc) is 2.79. The van der Waals surface area contributed by atoms with E-state index in [9.17, 15) is 21.6 Å². The SMILES string of the molecule is C[C@@H](NC(=O)CN(Cc1ccccc1)S(=O)(=O)c1ccccc1)c1ccc(S(C)(=O)=O)cc1. The molecule has 0 aromatic heterocycles. The van der Waals surface area contributed by atoms with Crippen molar-refractivity contribution in [1.29, 1.82) is 0 Å². The lowest BCUT2D eigenvalue weighted by Gasteiger charge is -2.23. The fourth-order valence-corrected chi connectivity index (χ4v) is 5.32. The van der Waals surface area contributed by atoms with E-state index in [0.29, 0.717) is 5.56 Å². The van der Waals surface area contributed by atoms with Gasteiger partial charge in [0, 0.05) is 12.8 Å². The summed E-state index contributed by atoms with van der Waals surface area (Å²) in [4.78, 5) is 13.1. The van der Waals surface area contributed by atoms with Crippen LogP contribution in [0.15, 0.2) is 94.7 Å². The van der Waals surface area contributed by atoms with Crippen LogP contribution in [0, 0.1) is 0 Å². The van der Waals surface area contributed by atoms with Gasteiger partial charge in [-0.2, -0.15) is 4.31 Å². The lowest BCUT2D eigenvalue weighted by molar-refractivity contribution is -0.122. The summed E-state index contributed by atoms with van der Waals surface area (Å²) in [5.74, 6) is -0.467. The number of amides is 1. The molecule has 0 aliphatic rings. The Hall–Kier alpha value is -3.01. The molecule has 0 saturated carbocycles. The van der Waals surface area contributed by atoms with E-state index in [-0.39, 0.29) is 22.9 Å². The highest BCUT2D eigenvalue weighted by Crippen LogP contribution is 2.19. The van der Waals surface area contributed by atoms with Crippen LogP contribution in [0.3, 0.4) is 0 Å². The van der Waals surface area contributed by atoms with Crippen LogP contribution in [-0.2, 0) is 31.2 Å². The molecule has 0 aliphatic heterocycles. The third-order valence-corrected chi connectivity index (χ3v) is 8.02. The third kappa shape index (κ3) is 6.50. The zero-order chi connectivity index (χ0) is 24.1. The van der Waals surface area contributed by atoms with Gasteiger partial charge in [0.2, 0.25) is 15.9 Å². The zero-order valence-corrected chi connectivity index (χ0v) is 20.0. The molecule has 0 heterocycles. The fourth-order valence-electron chi connectivity index (χ4n) is 3.29. The summed E-state index contributed by atoms with van der Waals surface area (Å²) < 4.78 is 50.9. The number of benzene rings is 3. The number of hydrogen-bond acceptors (Lipinski definition) is 5. The van der Waals surface area contributed by atoms with Crippen molar-refractivity contribution in [1.82, 2.24) is 9.62 Å². The molecule has 0 radical (unpaired) electrons. The van der Waals surface area contributed by atoms with Gasteiger partial charge in [0.15, 0.2) is 9.84 Å². The molecule has 1 N–H and O–H groups in total. The van der Waals surface area contributed by atoms with E-state index < -0.39 is 31.8 Å². The average molecular weight is 487 g/mol. The molecule has 0 saturated heterocycles. The standard InChI is InChI=1S/C24H26N2O5S2/c1-19(21-13-15-22(16-14-21)32(2,28)29)25-24(27)18-26(17-20-9-5-3-6-10-20)33(30,31)23-11-7-4-8-12-23/h3-16,19H,17-18H2,1-2H3,(H,25,27)/t19-/m1/s1. The van der Waals surface area contributed by atoms with Gasteiger partial charge in [-0.05, 0) is 42.3 Å². The van der Waals surface area contributed by atoms with Crippen molar-refractivity contribution in [2.75, 3.05) is 12.8 Å². The fraction of sp³-hybridized carbons (Fsp3) is 0.208. The molecule has 174 valence electrons. The molecule has 0 unspecified atom stereocenters. The van der Waals surface area contributed by atoms with Crippen LogP contribution in [0.4, 0.5) is 0 Å². The molecule has 7 nitrogen and oxygen atoms in total. The topological polar surface area (TPSA) is 101 Å². The number of carbonyl (C=O) groups excluding carboxylic acids is 1. The lowest BCUT2D eigenvalue weighted by atomic mass is 10.1. The summed E-state index contributed by atoms with van der Waals surface area (Å²) in [6.45, 7) is 1.43. The summed E-state index contributed by atoms with van der Waals surface area (Å²) in [5, 5.41) is 2.80. The second-order valence-corrected chi connectivity index (χ2v) is 11.7. The summed E-state index contributed by atoms with van der Waals surface area (Å²) in [6, 6.07) is 22.8. The van der Waals surface area contributed by atoms with Gasteiger partial charge in [0.05, 0.1) is 22.4 Å². The maximum Gasteiger partial charge on any atom is 0.243 e. The number of sulfone groups is 1. The molecule has 33 heavy (non-hydrogen) atoms. The van der Waals surface area contributed by atoms with Crippen LogP contribution in [-0.4, -0.2) is 39.8 Å². The van der Waals surface area contributed by atoms with Crippen LogP contribution in [0.25, 0.3) is 0 Å². The molecule has 3 aromatic carbocycles. The van der Waals surface area contributed by atoms with E-state index in [1.54, 1.807) is 49.4 Å². The van der Waals surface area contributed by atoms with E-state index in [2.05, 4.69) is 5.32 Å². The Morgan fingerprint density at radius 2 is 1.36 bits per heavy atom. The van der Waals surface area contributed by atoms with Crippen molar-refractivity contribution in [3.8, 4) is 0 Å². The third-order valence-electron chi connectivity index (χ3n) is 5.09. The Balaban J connectivity index is 1.78. The molecule has 1 atom stereocenters. The molecule has 0 aliphatic carbocycles. The van der Waals surface area contributed by atoms with E-state index in [4.69, 9.17) is 0 Å². The van der Waals surface area contributed by atoms with Crippen LogP contribution < -0.4 is 5.32 Å². The number of nitrogens with zero attached hydrogens (tertiary/aromatic N) is 1.